The quantitative estimate of drug-likeness (QED) is 0.200. The van der Waals surface area contributed by atoms with E-state index >= 15 is 0 Å². The Labute approximate surface area is 191 Å². The van der Waals surface area contributed by atoms with Crippen molar-refractivity contribution in [2.45, 2.75) is 134 Å². The van der Waals surface area contributed by atoms with Crippen LogP contribution >= 0.6 is 0 Å². The van der Waals surface area contributed by atoms with Crippen LogP contribution in [0.25, 0.3) is 0 Å². The van der Waals surface area contributed by atoms with Crippen molar-refractivity contribution in [3.63, 3.8) is 0 Å². The van der Waals surface area contributed by atoms with E-state index in [2.05, 4.69) is 13.8 Å². The van der Waals surface area contributed by atoms with Gasteiger partial charge in [0, 0.05) is 5.25 Å². The zero-order chi connectivity index (χ0) is 19.7. The summed E-state index contributed by atoms with van der Waals surface area (Å²) in [7, 11) is -4.15. The second-order valence-electron chi connectivity index (χ2n) is 7.81. The minimum Gasteiger partial charge on any atom is -0.748 e. The van der Waals surface area contributed by atoms with E-state index in [0.29, 0.717) is 12.8 Å². The van der Waals surface area contributed by atoms with Crippen molar-refractivity contribution in [1.29, 1.82) is 0 Å². The fourth-order valence-corrected chi connectivity index (χ4v) is 4.36. The van der Waals surface area contributed by atoms with E-state index in [4.69, 9.17) is 0 Å². The van der Waals surface area contributed by atoms with Gasteiger partial charge >= 0.3 is 29.6 Å². The zero-order valence-electron chi connectivity index (χ0n) is 18.3. The molecular formula is C21H43NaO4S. The van der Waals surface area contributed by atoms with Crippen LogP contribution in [0.3, 0.4) is 0 Å². The molecular weight excluding hydrogens is 371 g/mol. The van der Waals surface area contributed by atoms with Gasteiger partial charge in [0.2, 0.25) is 0 Å². The van der Waals surface area contributed by atoms with Gasteiger partial charge in [-0.15, -0.1) is 0 Å². The largest absolute Gasteiger partial charge is 1.00 e. The minimum atomic E-state index is -4.15. The smallest absolute Gasteiger partial charge is 0.748 e. The summed E-state index contributed by atoms with van der Waals surface area (Å²) in [4.78, 5) is 0. The summed E-state index contributed by atoms with van der Waals surface area (Å²) in [6, 6.07) is 0. The molecule has 1 N–H and O–H groups in total. The van der Waals surface area contributed by atoms with Crippen LogP contribution in [0.5, 0.6) is 0 Å². The summed E-state index contributed by atoms with van der Waals surface area (Å²) in [5, 5.41) is 9.11. The molecule has 6 heteroatoms. The maximum Gasteiger partial charge on any atom is 1.00 e. The van der Waals surface area contributed by atoms with Crippen molar-refractivity contribution in [3.05, 3.63) is 0 Å². The molecule has 0 heterocycles. The molecule has 0 aliphatic rings. The van der Waals surface area contributed by atoms with Gasteiger partial charge in [0.25, 0.3) is 0 Å². The molecule has 0 radical (unpaired) electrons. The molecule has 4 nitrogen and oxygen atoms in total. The Morgan fingerprint density at radius 2 is 1.04 bits per heavy atom. The molecule has 0 saturated heterocycles. The van der Waals surface area contributed by atoms with Crippen LogP contribution in [-0.4, -0.2) is 29.4 Å². The van der Waals surface area contributed by atoms with Gasteiger partial charge in [0.1, 0.15) is 0 Å². The summed E-state index contributed by atoms with van der Waals surface area (Å²) in [6.07, 6.45) is 16.7. The fourth-order valence-electron chi connectivity index (χ4n) is 3.45. The molecule has 158 valence electrons. The van der Waals surface area contributed by atoms with Crippen molar-refractivity contribution in [2.24, 2.45) is 0 Å². The summed E-state index contributed by atoms with van der Waals surface area (Å²) in [5.41, 5.74) is 0. The van der Waals surface area contributed by atoms with E-state index in [9.17, 15) is 18.1 Å². The van der Waals surface area contributed by atoms with Crippen molar-refractivity contribution >= 4 is 10.1 Å². The molecule has 0 aliphatic carbocycles. The summed E-state index contributed by atoms with van der Waals surface area (Å²) in [5.74, 6) is 0. The molecule has 27 heavy (non-hydrogen) atoms. The van der Waals surface area contributed by atoms with Gasteiger partial charge in [0.05, 0.1) is 16.2 Å². The van der Waals surface area contributed by atoms with Crippen LogP contribution < -0.4 is 29.6 Å². The first kappa shape index (κ1) is 30.1. The van der Waals surface area contributed by atoms with E-state index in [0.717, 1.165) is 89.9 Å². The second kappa shape index (κ2) is 20.2. The molecule has 0 bridgehead atoms. The van der Waals surface area contributed by atoms with Gasteiger partial charge in [-0.2, -0.15) is 0 Å². The molecule has 0 saturated carbocycles. The van der Waals surface area contributed by atoms with E-state index in [1.54, 1.807) is 0 Å². The third-order valence-electron chi connectivity index (χ3n) is 5.24. The van der Waals surface area contributed by atoms with Crippen LogP contribution in [-0.2, 0) is 10.1 Å². The predicted octanol–water partition coefficient (Wildman–Crippen LogP) is 2.94. The Kier molecular flexibility index (Phi) is 22.4. The number of aliphatic hydroxyl groups is 1. The van der Waals surface area contributed by atoms with Crippen molar-refractivity contribution < 1.29 is 47.6 Å². The molecule has 0 rings (SSSR count). The average molecular weight is 415 g/mol. The molecule has 2 atom stereocenters. The summed E-state index contributed by atoms with van der Waals surface area (Å²) >= 11 is 0. The Hall–Kier alpha value is 0.870. The molecule has 2 unspecified atom stereocenters. The number of hydrogen-bond acceptors (Lipinski definition) is 4. The van der Waals surface area contributed by atoms with E-state index in [1.165, 1.54) is 6.42 Å². The molecule has 0 aromatic rings. The van der Waals surface area contributed by atoms with Gasteiger partial charge in [-0.3, -0.25) is 0 Å². The molecule has 0 aliphatic heterocycles. The predicted molar refractivity (Wildman–Crippen MR) is 109 cm³/mol. The van der Waals surface area contributed by atoms with Crippen LogP contribution in [0.4, 0.5) is 0 Å². The Morgan fingerprint density at radius 1 is 0.667 bits per heavy atom. The molecule has 0 amide bonds. The Bertz CT molecular complexity index is 401. The minimum absolute atomic E-state index is 0. The first-order chi connectivity index (χ1) is 12.4. The second-order valence-corrected chi connectivity index (χ2v) is 9.46. The maximum atomic E-state index is 11.4. The summed E-state index contributed by atoms with van der Waals surface area (Å²) < 4.78 is 34.1. The third kappa shape index (κ3) is 19.9. The molecule has 0 spiro atoms. The van der Waals surface area contributed by atoms with E-state index in [-0.39, 0.29) is 35.7 Å². The van der Waals surface area contributed by atoms with Gasteiger partial charge in [-0.05, 0) is 25.7 Å². The normalized spacial score (nSPS) is 13.9. The third-order valence-corrected chi connectivity index (χ3v) is 6.53. The van der Waals surface area contributed by atoms with Crippen LogP contribution in [0.15, 0.2) is 0 Å². The number of aliphatic hydroxyl groups excluding tert-OH is 1. The van der Waals surface area contributed by atoms with Gasteiger partial charge in [-0.25, -0.2) is 8.42 Å². The zero-order valence-corrected chi connectivity index (χ0v) is 21.1. The number of hydrogen-bond donors (Lipinski definition) is 1. The standard InChI is InChI=1S/C21H44O4S.Na/c1-3-5-7-14-18-21(26(23,24)25)19-15-12-10-8-9-11-13-17-20(22)16-6-4-2;/h20-22H,3-19H2,1-2H3,(H,23,24,25);/q;+1/p-1. The van der Waals surface area contributed by atoms with E-state index in [1.807, 2.05) is 0 Å². The van der Waals surface area contributed by atoms with Gasteiger partial charge in [0.15, 0.2) is 0 Å². The van der Waals surface area contributed by atoms with Gasteiger partial charge in [-0.1, -0.05) is 97.3 Å². The molecule has 0 aromatic carbocycles. The van der Waals surface area contributed by atoms with Crippen LogP contribution in [0.2, 0.25) is 0 Å². The maximum absolute atomic E-state index is 11.4. The van der Waals surface area contributed by atoms with Crippen LogP contribution in [0, 0.1) is 0 Å². The SMILES string of the molecule is CCCCCCC(CCCCCCCCCC(O)CCCC)S(=O)(=O)[O-].[Na+]. The summed E-state index contributed by atoms with van der Waals surface area (Å²) in [6.45, 7) is 4.27. The topological polar surface area (TPSA) is 77.4 Å². The average Bonchev–Trinajstić information content (AvgIpc) is 2.59. The fraction of sp³-hybridized carbons (Fsp3) is 1.00. The molecule has 0 aromatic heterocycles. The van der Waals surface area contributed by atoms with Crippen LogP contribution in [0.1, 0.15) is 123 Å². The number of rotatable bonds is 19. The first-order valence-electron chi connectivity index (χ1n) is 11.0. The Balaban J connectivity index is 0. The Morgan fingerprint density at radius 3 is 1.48 bits per heavy atom. The van der Waals surface area contributed by atoms with Crippen molar-refractivity contribution in [1.82, 2.24) is 0 Å². The monoisotopic (exact) mass is 414 g/mol. The number of unbranched alkanes of at least 4 members (excludes halogenated alkanes) is 10. The van der Waals surface area contributed by atoms with Gasteiger partial charge < -0.3 is 9.66 Å². The van der Waals surface area contributed by atoms with Crippen molar-refractivity contribution in [2.75, 3.05) is 0 Å². The molecule has 0 fully saturated rings. The van der Waals surface area contributed by atoms with E-state index < -0.39 is 15.4 Å². The van der Waals surface area contributed by atoms with Crippen molar-refractivity contribution in [3.8, 4) is 0 Å². The first-order valence-corrected chi connectivity index (χ1v) is 12.5.